The number of anilines is 4. The van der Waals surface area contributed by atoms with Crippen molar-refractivity contribution in [2.75, 3.05) is 24.0 Å². The van der Waals surface area contributed by atoms with Crippen molar-refractivity contribution in [3.8, 4) is 11.5 Å². The van der Waals surface area contributed by atoms with E-state index in [0.717, 1.165) is 17.1 Å². The standard InChI is InChI=1S/C21H20N4O4/c1-3-27-21(26)14-4-6-15(7-5-14)24-19-11-20(23-13(2)22-19)25-16-8-9-17-18(10-16)29-12-28-17/h4-11H,3,12H2,1-2H3,(H2,22,23,24,25). The van der Waals surface area contributed by atoms with Gasteiger partial charge in [-0.2, -0.15) is 0 Å². The van der Waals surface area contributed by atoms with Gasteiger partial charge < -0.3 is 24.8 Å². The number of esters is 1. The van der Waals surface area contributed by atoms with Crippen LogP contribution in [0, 0.1) is 6.92 Å². The fourth-order valence-corrected chi connectivity index (χ4v) is 2.87. The molecule has 0 saturated heterocycles. The minimum Gasteiger partial charge on any atom is -0.462 e. The quantitative estimate of drug-likeness (QED) is 0.604. The van der Waals surface area contributed by atoms with Crippen molar-refractivity contribution in [1.82, 2.24) is 9.97 Å². The average molecular weight is 392 g/mol. The van der Waals surface area contributed by atoms with E-state index in [9.17, 15) is 4.79 Å². The third kappa shape index (κ3) is 4.37. The number of nitrogens with one attached hydrogen (secondary N) is 2. The maximum Gasteiger partial charge on any atom is 0.338 e. The van der Waals surface area contributed by atoms with Crippen molar-refractivity contribution in [1.29, 1.82) is 0 Å². The van der Waals surface area contributed by atoms with Crippen LogP contribution in [0.4, 0.5) is 23.0 Å². The molecule has 29 heavy (non-hydrogen) atoms. The molecular weight excluding hydrogens is 372 g/mol. The van der Waals surface area contributed by atoms with Crippen LogP contribution < -0.4 is 20.1 Å². The van der Waals surface area contributed by atoms with Crippen molar-refractivity contribution in [2.24, 2.45) is 0 Å². The first kappa shape index (κ1) is 18.5. The van der Waals surface area contributed by atoms with Crippen LogP contribution in [-0.2, 0) is 4.74 Å². The van der Waals surface area contributed by atoms with Crippen molar-refractivity contribution in [3.63, 3.8) is 0 Å². The van der Waals surface area contributed by atoms with Gasteiger partial charge >= 0.3 is 5.97 Å². The van der Waals surface area contributed by atoms with Crippen LogP contribution in [0.25, 0.3) is 0 Å². The highest BCUT2D eigenvalue weighted by atomic mass is 16.7. The molecule has 8 nitrogen and oxygen atoms in total. The lowest BCUT2D eigenvalue weighted by Crippen LogP contribution is -2.05. The van der Waals surface area contributed by atoms with Gasteiger partial charge in [0.05, 0.1) is 12.2 Å². The Morgan fingerprint density at radius 1 is 0.966 bits per heavy atom. The number of aromatic nitrogens is 2. The van der Waals surface area contributed by atoms with E-state index in [1.54, 1.807) is 37.3 Å². The zero-order valence-electron chi connectivity index (χ0n) is 16.1. The van der Waals surface area contributed by atoms with Gasteiger partial charge in [-0.15, -0.1) is 0 Å². The summed E-state index contributed by atoms with van der Waals surface area (Å²) in [5.74, 6) is 2.96. The van der Waals surface area contributed by atoms with Crippen molar-refractivity contribution < 1.29 is 19.0 Å². The van der Waals surface area contributed by atoms with E-state index in [-0.39, 0.29) is 12.8 Å². The lowest BCUT2D eigenvalue weighted by molar-refractivity contribution is 0.0526. The van der Waals surface area contributed by atoms with Gasteiger partial charge in [-0.1, -0.05) is 0 Å². The number of fused-ring (bicyclic) bond motifs is 1. The largest absolute Gasteiger partial charge is 0.462 e. The van der Waals surface area contributed by atoms with Crippen LogP contribution in [0.1, 0.15) is 23.1 Å². The lowest BCUT2D eigenvalue weighted by atomic mass is 10.2. The van der Waals surface area contributed by atoms with Crippen molar-refractivity contribution >= 4 is 29.0 Å². The predicted molar refractivity (Wildman–Crippen MR) is 108 cm³/mol. The second kappa shape index (κ2) is 8.05. The van der Waals surface area contributed by atoms with Gasteiger partial charge in [0.25, 0.3) is 0 Å². The van der Waals surface area contributed by atoms with E-state index in [2.05, 4.69) is 20.6 Å². The molecule has 0 unspecified atom stereocenters. The van der Waals surface area contributed by atoms with Crippen molar-refractivity contribution in [3.05, 3.63) is 59.9 Å². The molecule has 0 amide bonds. The number of rotatable bonds is 6. The van der Waals surface area contributed by atoms with E-state index in [1.807, 2.05) is 25.1 Å². The minimum absolute atomic E-state index is 0.231. The second-order valence-corrected chi connectivity index (χ2v) is 6.30. The van der Waals surface area contributed by atoms with Crippen LogP contribution in [0.2, 0.25) is 0 Å². The molecule has 1 aliphatic rings. The smallest absolute Gasteiger partial charge is 0.338 e. The fraction of sp³-hybridized carbons (Fsp3) is 0.190. The van der Waals surface area contributed by atoms with E-state index in [0.29, 0.717) is 35.4 Å². The first-order valence-electron chi connectivity index (χ1n) is 9.17. The monoisotopic (exact) mass is 392 g/mol. The molecule has 3 aromatic rings. The normalized spacial score (nSPS) is 11.8. The number of carbonyl (C=O) groups is 1. The number of hydrogen-bond donors (Lipinski definition) is 2. The van der Waals surface area contributed by atoms with Gasteiger partial charge in [-0.25, -0.2) is 14.8 Å². The third-order valence-electron chi connectivity index (χ3n) is 4.15. The van der Waals surface area contributed by atoms with Gasteiger partial charge in [0, 0.05) is 23.5 Å². The molecule has 0 atom stereocenters. The highest BCUT2D eigenvalue weighted by Gasteiger charge is 2.14. The number of carbonyl (C=O) groups excluding carboxylic acids is 1. The Labute approximate surface area is 167 Å². The molecule has 0 radical (unpaired) electrons. The van der Waals surface area contributed by atoms with Crippen LogP contribution in [0.15, 0.2) is 48.5 Å². The van der Waals surface area contributed by atoms with Gasteiger partial charge in [0.2, 0.25) is 6.79 Å². The Morgan fingerprint density at radius 2 is 1.62 bits per heavy atom. The maximum atomic E-state index is 11.8. The molecule has 0 spiro atoms. The van der Waals surface area contributed by atoms with E-state index in [1.165, 1.54) is 0 Å². The van der Waals surface area contributed by atoms with Crippen LogP contribution in [-0.4, -0.2) is 29.3 Å². The summed E-state index contributed by atoms with van der Waals surface area (Å²) in [7, 11) is 0. The zero-order chi connectivity index (χ0) is 20.2. The van der Waals surface area contributed by atoms with Crippen LogP contribution in [0.5, 0.6) is 11.5 Å². The van der Waals surface area contributed by atoms with Crippen molar-refractivity contribution in [2.45, 2.75) is 13.8 Å². The molecule has 0 fully saturated rings. The number of benzene rings is 2. The summed E-state index contributed by atoms with van der Waals surface area (Å²) in [5.41, 5.74) is 2.13. The third-order valence-corrected chi connectivity index (χ3v) is 4.15. The summed E-state index contributed by atoms with van der Waals surface area (Å²) >= 11 is 0. The molecule has 1 aromatic heterocycles. The van der Waals surface area contributed by atoms with Crippen LogP contribution >= 0.6 is 0 Å². The highest BCUT2D eigenvalue weighted by Crippen LogP contribution is 2.35. The van der Waals surface area contributed by atoms with Gasteiger partial charge in [-0.05, 0) is 50.2 Å². The number of nitrogens with zero attached hydrogens (tertiary/aromatic N) is 2. The Hall–Kier alpha value is -3.81. The Balaban J connectivity index is 1.49. The predicted octanol–water partition coefficient (Wildman–Crippen LogP) is 4.18. The van der Waals surface area contributed by atoms with E-state index < -0.39 is 0 Å². The Bertz CT molecular complexity index is 1040. The highest BCUT2D eigenvalue weighted by molar-refractivity contribution is 5.89. The molecule has 0 saturated carbocycles. The Morgan fingerprint density at radius 3 is 2.34 bits per heavy atom. The van der Waals surface area contributed by atoms with Crippen LogP contribution in [0.3, 0.4) is 0 Å². The number of ether oxygens (including phenoxy) is 3. The lowest BCUT2D eigenvalue weighted by Gasteiger charge is -2.11. The minimum atomic E-state index is -0.341. The number of aryl methyl sites for hydroxylation is 1. The average Bonchev–Trinajstić information content (AvgIpc) is 3.16. The molecule has 0 bridgehead atoms. The van der Waals surface area contributed by atoms with Gasteiger partial charge in [-0.3, -0.25) is 0 Å². The maximum absolute atomic E-state index is 11.8. The molecule has 0 aliphatic carbocycles. The zero-order valence-corrected chi connectivity index (χ0v) is 16.1. The summed E-state index contributed by atoms with van der Waals surface area (Å²) in [5, 5.41) is 6.47. The fourth-order valence-electron chi connectivity index (χ4n) is 2.87. The molecule has 2 N–H and O–H groups in total. The first-order valence-corrected chi connectivity index (χ1v) is 9.17. The summed E-state index contributed by atoms with van der Waals surface area (Å²) in [6.07, 6.45) is 0. The van der Waals surface area contributed by atoms with E-state index >= 15 is 0 Å². The molecule has 8 heteroatoms. The first-order chi connectivity index (χ1) is 14.1. The molecule has 2 heterocycles. The molecule has 4 rings (SSSR count). The molecule has 148 valence electrons. The summed E-state index contributed by atoms with van der Waals surface area (Å²) in [6, 6.07) is 14.4. The summed E-state index contributed by atoms with van der Waals surface area (Å²) < 4.78 is 15.7. The summed E-state index contributed by atoms with van der Waals surface area (Å²) in [6.45, 7) is 4.17. The molecule has 2 aromatic carbocycles. The summed E-state index contributed by atoms with van der Waals surface area (Å²) in [4.78, 5) is 20.6. The van der Waals surface area contributed by atoms with Gasteiger partial charge in [0.1, 0.15) is 17.5 Å². The number of hydrogen-bond acceptors (Lipinski definition) is 8. The molecule has 1 aliphatic heterocycles. The molecular formula is C21H20N4O4. The van der Waals surface area contributed by atoms with E-state index in [4.69, 9.17) is 14.2 Å². The second-order valence-electron chi connectivity index (χ2n) is 6.30. The Kier molecular flexibility index (Phi) is 5.15. The topological polar surface area (TPSA) is 94.6 Å². The van der Waals surface area contributed by atoms with Gasteiger partial charge in [0.15, 0.2) is 11.5 Å². The SMILES string of the molecule is CCOC(=O)c1ccc(Nc2cc(Nc3ccc4c(c3)OCO4)nc(C)n2)cc1.